The molecule has 1 aliphatic rings. The monoisotopic (exact) mass is 397 g/mol. The fourth-order valence-corrected chi connectivity index (χ4v) is 4.43. The van der Waals surface area contributed by atoms with Crippen LogP contribution in [0, 0.1) is 16.4 Å². The standard InChI is InChI=1S/C17H20INS/c1-12-8-9-14(11-15(12)18)19-17(13-5-2-3-6-13)16-7-4-10-20-16/h4,7-11,13,17,19H,2-3,5-6H2,1H3. The van der Waals surface area contributed by atoms with Gasteiger partial charge in [-0.15, -0.1) is 11.3 Å². The molecular weight excluding hydrogens is 377 g/mol. The van der Waals surface area contributed by atoms with Crippen LogP contribution in [0.25, 0.3) is 0 Å². The van der Waals surface area contributed by atoms with Crippen molar-refractivity contribution in [3.63, 3.8) is 0 Å². The number of hydrogen-bond donors (Lipinski definition) is 1. The zero-order valence-corrected chi connectivity index (χ0v) is 14.7. The molecule has 0 radical (unpaired) electrons. The van der Waals surface area contributed by atoms with Crippen molar-refractivity contribution >= 4 is 39.6 Å². The first-order valence-electron chi connectivity index (χ1n) is 7.30. The van der Waals surface area contributed by atoms with Gasteiger partial charge in [0, 0.05) is 14.1 Å². The molecule has 1 aliphatic carbocycles. The van der Waals surface area contributed by atoms with Gasteiger partial charge in [-0.3, -0.25) is 0 Å². The smallest absolute Gasteiger partial charge is 0.0634 e. The van der Waals surface area contributed by atoms with Gasteiger partial charge >= 0.3 is 0 Å². The number of thiophene rings is 1. The largest absolute Gasteiger partial charge is 0.377 e. The molecule has 106 valence electrons. The quantitative estimate of drug-likeness (QED) is 0.624. The highest BCUT2D eigenvalue weighted by Crippen LogP contribution is 2.39. The summed E-state index contributed by atoms with van der Waals surface area (Å²) in [4.78, 5) is 1.48. The molecule has 0 bridgehead atoms. The second kappa shape index (κ2) is 6.48. The lowest BCUT2D eigenvalue weighted by Gasteiger charge is -2.25. The molecule has 1 aromatic carbocycles. The van der Waals surface area contributed by atoms with Gasteiger partial charge in [-0.05, 0) is 77.4 Å². The molecule has 20 heavy (non-hydrogen) atoms. The number of anilines is 1. The van der Waals surface area contributed by atoms with E-state index in [0.29, 0.717) is 6.04 Å². The first kappa shape index (κ1) is 14.4. The maximum Gasteiger partial charge on any atom is 0.0634 e. The van der Waals surface area contributed by atoms with Crippen LogP contribution in [0.2, 0.25) is 0 Å². The molecule has 0 aliphatic heterocycles. The highest BCUT2D eigenvalue weighted by atomic mass is 127. The van der Waals surface area contributed by atoms with E-state index in [2.05, 4.69) is 70.5 Å². The van der Waals surface area contributed by atoms with Crippen LogP contribution in [0.4, 0.5) is 5.69 Å². The lowest BCUT2D eigenvalue weighted by atomic mass is 9.96. The van der Waals surface area contributed by atoms with Crippen LogP contribution >= 0.6 is 33.9 Å². The van der Waals surface area contributed by atoms with Gasteiger partial charge in [0.2, 0.25) is 0 Å². The molecule has 3 heteroatoms. The maximum atomic E-state index is 3.80. The van der Waals surface area contributed by atoms with E-state index in [1.54, 1.807) is 0 Å². The Morgan fingerprint density at radius 2 is 2.05 bits per heavy atom. The average Bonchev–Trinajstić information content (AvgIpc) is 3.12. The Balaban J connectivity index is 1.84. The summed E-state index contributed by atoms with van der Waals surface area (Å²) in [5.74, 6) is 0.785. The molecule has 1 aromatic heterocycles. The van der Waals surface area contributed by atoms with Crippen molar-refractivity contribution in [2.24, 2.45) is 5.92 Å². The van der Waals surface area contributed by atoms with Crippen molar-refractivity contribution in [2.75, 3.05) is 5.32 Å². The van der Waals surface area contributed by atoms with E-state index in [0.717, 1.165) is 5.92 Å². The first-order valence-corrected chi connectivity index (χ1v) is 9.26. The van der Waals surface area contributed by atoms with Crippen LogP contribution < -0.4 is 5.32 Å². The van der Waals surface area contributed by atoms with Crippen molar-refractivity contribution in [2.45, 2.75) is 38.6 Å². The lowest BCUT2D eigenvalue weighted by molar-refractivity contribution is 0.475. The van der Waals surface area contributed by atoms with Crippen molar-refractivity contribution in [3.05, 3.63) is 49.7 Å². The molecule has 1 N–H and O–H groups in total. The third-order valence-electron chi connectivity index (χ3n) is 4.21. The van der Waals surface area contributed by atoms with Gasteiger partial charge in [-0.25, -0.2) is 0 Å². The summed E-state index contributed by atoms with van der Waals surface area (Å²) in [5, 5.41) is 5.99. The van der Waals surface area contributed by atoms with Gasteiger partial charge in [0.25, 0.3) is 0 Å². The molecule has 1 heterocycles. The van der Waals surface area contributed by atoms with E-state index < -0.39 is 0 Å². The van der Waals surface area contributed by atoms with Crippen LogP contribution in [-0.2, 0) is 0 Å². The molecule has 1 fully saturated rings. The number of benzene rings is 1. The summed E-state index contributed by atoms with van der Waals surface area (Å²) in [5.41, 5.74) is 2.61. The lowest BCUT2D eigenvalue weighted by Crippen LogP contribution is -2.18. The molecule has 0 amide bonds. The van der Waals surface area contributed by atoms with E-state index in [1.165, 1.54) is 45.4 Å². The fraction of sp³-hybridized carbons (Fsp3) is 0.412. The molecule has 0 spiro atoms. The van der Waals surface area contributed by atoms with Gasteiger partial charge < -0.3 is 5.32 Å². The minimum absolute atomic E-state index is 0.482. The zero-order chi connectivity index (χ0) is 13.9. The second-order valence-electron chi connectivity index (χ2n) is 5.65. The molecular formula is C17H20INS. The number of halogens is 1. The molecule has 1 saturated carbocycles. The highest BCUT2D eigenvalue weighted by Gasteiger charge is 2.27. The number of hydrogen-bond acceptors (Lipinski definition) is 2. The third kappa shape index (κ3) is 3.19. The summed E-state index contributed by atoms with van der Waals surface area (Å²) in [6.45, 7) is 2.17. The SMILES string of the molecule is Cc1ccc(NC(c2cccs2)C2CCCC2)cc1I. The van der Waals surface area contributed by atoms with Gasteiger partial charge in [0.15, 0.2) is 0 Å². The van der Waals surface area contributed by atoms with Crippen LogP contribution in [0.15, 0.2) is 35.7 Å². The number of nitrogens with one attached hydrogen (secondary N) is 1. The van der Waals surface area contributed by atoms with Crippen LogP contribution in [0.3, 0.4) is 0 Å². The van der Waals surface area contributed by atoms with Crippen molar-refractivity contribution in [3.8, 4) is 0 Å². The topological polar surface area (TPSA) is 12.0 Å². The molecule has 1 atom stereocenters. The number of rotatable bonds is 4. The van der Waals surface area contributed by atoms with Crippen LogP contribution in [0.5, 0.6) is 0 Å². The first-order chi connectivity index (χ1) is 9.74. The minimum Gasteiger partial charge on any atom is -0.377 e. The average molecular weight is 397 g/mol. The van der Waals surface area contributed by atoms with Crippen molar-refractivity contribution < 1.29 is 0 Å². The van der Waals surface area contributed by atoms with E-state index in [-0.39, 0.29) is 0 Å². The Bertz CT molecular complexity index is 558. The minimum atomic E-state index is 0.482. The summed E-state index contributed by atoms with van der Waals surface area (Å²) < 4.78 is 1.34. The van der Waals surface area contributed by atoms with Gasteiger partial charge in [0.05, 0.1) is 6.04 Å². The van der Waals surface area contributed by atoms with Crippen LogP contribution in [0.1, 0.15) is 42.2 Å². The summed E-state index contributed by atoms with van der Waals surface area (Å²) in [7, 11) is 0. The van der Waals surface area contributed by atoms with E-state index in [1.807, 2.05) is 11.3 Å². The van der Waals surface area contributed by atoms with Crippen molar-refractivity contribution in [1.82, 2.24) is 0 Å². The predicted octanol–water partition coefficient (Wildman–Crippen LogP) is 6.00. The Labute approximate surface area is 138 Å². The number of aryl methyl sites for hydroxylation is 1. The Hall–Kier alpha value is -0.550. The summed E-state index contributed by atoms with van der Waals surface area (Å²) in [6, 6.07) is 11.6. The maximum absolute atomic E-state index is 3.80. The zero-order valence-electron chi connectivity index (χ0n) is 11.7. The highest BCUT2D eigenvalue weighted by molar-refractivity contribution is 14.1. The molecule has 0 saturated heterocycles. The predicted molar refractivity (Wildman–Crippen MR) is 96.5 cm³/mol. The van der Waals surface area contributed by atoms with Gasteiger partial charge in [0.1, 0.15) is 0 Å². The Morgan fingerprint density at radius 3 is 2.70 bits per heavy atom. The molecule has 2 aromatic rings. The van der Waals surface area contributed by atoms with E-state index in [4.69, 9.17) is 0 Å². The van der Waals surface area contributed by atoms with E-state index in [9.17, 15) is 0 Å². The Kier molecular flexibility index (Phi) is 4.66. The summed E-state index contributed by atoms with van der Waals surface area (Å²) in [6.07, 6.45) is 5.50. The van der Waals surface area contributed by atoms with Gasteiger partial charge in [-0.2, -0.15) is 0 Å². The fourth-order valence-electron chi connectivity index (χ4n) is 3.04. The molecule has 3 rings (SSSR count). The van der Waals surface area contributed by atoms with E-state index >= 15 is 0 Å². The summed E-state index contributed by atoms with van der Waals surface area (Å²) >= 11 is 4.30. The third-order valence-corrected chi connectivity index (χ3v) is 6.33. The van der Waals surface area contributed by atoms with Gasteiger partial charge in [-0.1, -0.05) is 25.0 Å². The van der Waals surface area contributed by atoms with Crippen molar-refractivity contribution in [1.29, 1.82) is 0 Å². The second-order valence-corrected chi connectivity index (χ2v) is 7.79. The molecule has 1 unspecified atom stereocenters. The molecule has 1 nitrogen and oxygen atoms in total. The van der Waals surface area contributed by atoms with Crippen LogP contribution in [-0.4, -0.2) is 0 Å². The Morgan fingerprint density at radius 1 is 1.25 bits per heavy atom. The normalized spacial score (nSPS) is 17.3.